The van der Waals surface area contributed by atoms with Crippen LogP contribution in [0.4, 0.5) is 11.4 Å². The smallest absolute Gasteiger partial charge is 0.257 e. The van der Waals surface area contributed by atoms with E-state index >= 15 is 0 Å². The van der Waals surface area contributed by atoms with Gasteiger partial charge in [-0.05, 0) is 36.8 Å². The lowest BCUT2D eigenvalue weighted by molar-refractivity contribution is -0.116. The number of carbonyl (C=O) groups excluding carboxylic acids is 2. The van der Waals surface area contributed by atoms with Gasteiger partial charge in [-0.15, -0.1) is 0 Å². The summed E-state index contributed by atoms with van der Waals surface area (Å²) < 4.78 is 0. The van der Waals surface area contributed by atoms with E-state index < -0.39 is 0 Å². The molecule has 2 amide bonds. The van der Waals surface area contributed by atoms with E-state index in [1.54, 1.807) is 48.5 Å². The first-order valence-corrected chi connectivity index (χ1v) is 7.93. The zero-order chi connectivity index (χ0) is 16.7. The Morgan fingerprint density at radius 3 is 2.39 bits per heavy atom. The Morgan fingerprint density at radius 2 is 1.70 bits per heavy atom. The van der Waals surface area contributed by atoms with Gasteiger partial charge in [-0.25, -0.2) is 0 Å². The van der Waals surface area contributed by atoms with Crippen molar-refractivity contribution >= 4 is 34.8 Å². The topological polar surface area (TPSA) is 58.2 Å². The summed E-state index contributed by atoms with van der Waals surface area (Å²) in [6.45, 7) is 2.04. The third kappa shape index (κ3) is 5.11. The second kappa shape index (κ2) is 8.34. The Kier molecular flexibility index (Phi) is 6.18. The summed E-state index contributed by atoms with van der Waals surface area (Å²) in [5, 5.41) is 6.00. The molecule has 0 radical (unpaired) electrons. The van der Waals surface area contributed by atoms with E-state index in [0.29, 0.717) is 28.4 Å². The molecule has 0 aliphatic rings. The van der Waals surface area contributed by atoms with E-state index in [-0.39, 0.29) is 11.8 Å². The lowest BCUT2D eigenvalue weighted by atomic mass is 10.2. The summed E-state index contributed by atoms with van der Waals surface area (Å²) in [5.41, 5.74) is 1.66. The molecule has 0 aliphatic heterocycles. The van der Waals surface area contributed by atoms with E-state index in [9.17, 15) is 9.59 Å². The van der Waals surface area contributed by atoms with Crippen LogP contribution in [0.1, 0.15) is 36.5 Å². The van der Waals surface area contributed by atoms with Gasteiger partial charge in [-0.2, -0.15) is 0 Å². The Morgan fingerprint density at radius 1 is 1.00 bits per heavy atom. The first-order chi connectivity index (χ1) is 11.1. The Balaban J connectivity index is 2.04. The molecular weight excluding hydrogens is 312 g/mol. The van der Waals surface area contributed by atoms with Crippen LogP contribution in [-0.2, 0) is 4.79 Å². The fraction of sp³-hybridized carbons (Fsp3) is 0.222. The number of rotatable bonds is 6. The molecule has 0 saturated carbocycles. The van der Waals surface area contributed by atoms with Crippen LogP contribution in [0.5, 0.6) is 0 Å². The van der Waals surface area contributed by atoms with Crippen molar-refractivity contribution in [1.29, 1.82) is 0 Å². The number of halogens is 1. The van der Waals surface area contributed by atoms with Crippen molar-refractivity contribution < 1.29 is 9.59 Å². The summed E-state index contributed by atoms with van der Waals surface area (Å²) in [7, 11) is 0. The molecule has 4 nitrogen and oxygen atoms in total. The Labute approximate surface area is 140 Å². The van der Waals surface area contributed by atoms with E-state index in [1.165, 1.54) is 0 Å². The standard InChI is InChI=1S/C18H19ClN2O2/c1-2-3-11-17(22)20-13-7-6-8-14(12-13)21-18(23)15-9-4-5-10-16(15)19/h4-10,12H,2-3,11H2,1H3,(H,20,22)(H,21,23). The maximum Gasteiger partial charge on any atom is 0.257 e. The van der Waals surface area contributed by atoms with E-state index in [1.807, 2.05) is 6.92 Å². The molecule has 0 unspecified atom stereocenters. The molecule has 2 N–H and O–H groups in total. The average molecular weight is 331 g/mol. The summed E-state index contributed by atoms with van der Waals surface area (Å²) in [6, 6.07) is 13.9. The SMILES string of the molecule is CCCCC(=O)Nc1cccc(NC(=O)c2ccccc2Cl)c1. The van der Waals surface area contributed by atoms with Crippen molar-refractivity contribution in [3.05, 3.63) is 59.1 Å². The third-order valence-electron chi connectivity index (χ3n) is 3.28. The molecule has 23 heavy (non-hydrogen) atoms. The molecule has 0 fully saturated rings. The van der Waals surface area contributed by atoms with Gasteiger partial charge in [0.1, 0.15) is 0 Å². The highest BCUT2D eigenvalue weighted by atomic mass is 35.5. The van der Waals surface area contributed by atoms with Crippen molar-refractivity contribution in [2.45, 2.75) is 26.2 Å². The quantitative estimate of drug-likeness (QED) is 0.805. The highest BCUT2D eigenvalue weighted by molar-refractivity contribution is 6.34. The van der Waals surface area contributed by atoms with E-state index in [0.717, 1.165) is 12.8 Å². The third-order valence-corrected chi connectivity index (χ3v) is 3.61. The molecule has 0 aliphatic carbocycles. The van der Waals surface area contributed by atoms with E-state index in [2.05, 4.69) is 10.6 Å². The van der Waals surface area contributed by atoms with Gasteiger partial charge >= 0.3 is 0 Å². The summed E-state index contributed by atoms with van der Waals surface area (Å²) in [5.74, 6) is -0.313. The second-order valence-electron chi connectivity index (χ2n) is 5.17. The van der Waals surface area contributed by atoms with Crippen LogP contribution >= 0.6 is 11.6 Å². The van der Waals surface area contributed by atoms with Crippen LogP contribution in [0, 0.1) is 0 Å². The molecule has 0 bridgehead atoms. The van der Waals surface area contributed by atoms with Crippen molar-refractivity contribution in [2.75, 3.05) is 10.6 Å². The van der Waals surface area contributed by atoms with E-state index in [4.69, 9.17) is 11.6 Å². The van der Waals surface area contributed by atoms with Gasteiger partial charge < -0.3 is 10.6 Å². The minimum atomic E-state index is -0.287. The number of hydrogen-bond donors (Lipinski definition) is 2. The highest BCUT2D eigenvalue weighted by Crippen LogP contribution is 2.19. The van der Waals surface area contributed by atoms with Crippen LogP contribution in [0.15, 0.2) is 48.5 Å². The van der Waals surface area contributed by atoms with Crippen LogP contribution in [0.25, 0.3) is 0 Å². The number of unbranched alkanes of at least 4 members (excludes halogenated alkanes) is 1. The number of carbonyl (C=O) groups is 2. The fourth-order valence-electron chi connectivity index (χ4n) is 2.08. The lowest BCUT2D eigenvalue weighted by Gasteiger charge is -2.09. The highest BCUT2D eigenvalue weighted by Gasteiger charge is 2.10. The molecule has 0 atom stereocenters. The molecule has 0 spiro atoms. The molecule has 0 heterocycles. The Hall–Kier alpha value is -2.33. The van der Waals surface area contributed by atoms with Gasteiger partial charge in [-0.1, -0.05) is 43.1 Å². The minimum absolute atomic E-state index is 0.0265. The largest absolute Gasteiger partial charge is 0.326 e. The van der Waals surface area contributed by atoms with Gasteiger partial charge in [0.25, 0.3) is 5.91 Å². The zero-order valence-corrected chi connectivity index (χ0v) is 13.7. The van der Waals surface area contributed by atoms with Crippen molar-refractivity contribution in [3.63, 3.8) is 0 Å². The van der Waals surface area contributed by atoms with Gasteiger partial charge in [0, 0.05) is 17.8 Å². The van der Waals surface area contributed by atoms with Gasteiger partial charge in [0.2, 0.25) is 5.91 Å². The fourth-order valence-corrected chi connectivity index (χ4v) is 2.30. The van der Waals surface area contributed by atoms with Crippen molar-refractivity contribution in [1.82, 2.24) is 0 Å². The molecule has 2 aromatic rings. The number of nitrogens with one attached hydrogen (secondary N) is 2. The predicted molar refractivity (Wildman–Crippen MR) is 94.0 cm³/mol. The summed E-state index contributed by atoms with van der Waals surface area (Å²) in [6.07, 6.45) is 2.32. The zero-order valence-electron chi connectivity index (χ0n) is 12.9. The molecule has 0 saturated heterocycles. The maximum absolute atomic E-state index is 12.2. The van der Waals surface area contributed by atoms with Crippen molar-refractivity contribution in [2.24, 2.45) is 0 Å². The first kappa shape index (κ1) is 17.0. The normalized spacial score (nSPS) is 10.2. The molecule has 0 aromatic heterocycles. The molecule has 120 valence electrons. The van der Waals surface area contributed by atoms with Crippen LogP contribution in [0.2, 0.25) is 5.02 Å². The number of hydrogen-bond acceptors (Lipinski definition) is 2. The molecule has 5 heteroatoms. The van der Waals surface area contributed by atoms with Gasteiger partial charge in [0.05, 0.1) is 10.6 Å². The van der Waals surface area contributed by atoms with Crippen LogP contribution < -0.4 is 10.6 Å². The van der Waals surface area contributed by atoms with Crippen LogP contribution in [0.3, 0.4) is 0 Å². The molecule has 2 rings (SSSR count). The maximum atomic E-state index is 12.2. The first-order valence-electron chi connectivity index (χ1n) is 7.56. The number of benzene rings is 2. The summed E-state index contributed by atoms with van der Waals surface area (Å²) in [4.78, 5) is 24.0. The summed E-state index contributed by atoms with van der Waals surface area (Å²) >= 11 is 6.02. The molecule has 2 aromatic carbocycles. The lowest BCUT2D eigenvalue weighted by Crippen LogP contribution is -2.14. The monoisotopic (exact) mass is 330 g/mol. The average Bonchev–Trinajstić information content (AvgIpc) is 2.53. The predicted octanol–water partition coefficient (Wildman–Crippen LogP) is 4.72. The molecular formula is C18H19ClN2O2. The number of anilines is 2. The Bertz CT molecular complexity index is 701. The van der Waals surface area contributed by atoms with Crippen molar-refractivity contribution in [3.8, 4) is 0 Å². The number of amides is 2. The van der Waals surface area contributed by atoms with Gasteiger partial charge in [0.15, 0.2) is 0 Å². The second-order valence-corrected chi connectivity index (χ2v) is 5.57. The van der Waals surface area contributed by atoms with Gasteiger partial charge in [-0.3, -0.25) is 9.59 Å². The minimum Gasteiger partial charge on any atom is -0.326 e. The van der Waals surface area contributed by atoms with Crippen LogP contribution in [-0.4, -0.2) is 11.8 Å².